The zero-order chi connectivity index (χ0) is 14.1. The fourth-order valence-corrected chi connectivity index (χ4v) is 2.12. The van der Waals surface area contributed by atoms with E-state index in [0.29, 0.717) is 13.0 Å². The molecule has 19 heavy (non-hydrogen) atoms. The smallest absolute Gasteiger partial charge is 0.384 e. The number of hydrogen-bond acceptors (Lipinski definition) is 2. The van der Waals surface area contributed by atoms with E-state index in [9.17, 15) is 13.2 Å². The predicted molar refractivity (Wildman–Crippen MR) is 66.8 cm³/mol. The molecule has 1 aromatic rings. The number of nitrogens with one attached hydrogen (secondary N) is 1. The van der Waals surface area contributed by atoms with Crippen LogP contribution in [-0.2, 0) is 6.18 Å². The molecule has 0 bridgehead atoms. The minimum Gasteiger partial charge on any atom is -0.384 e. The number of benzene rings is 1. The van der Waals surface area contributed by atoms with E-state index in [-0.39, 0.29) is 16.1 Å². The van der Waals surface area contributed by atoms with Gasteiger partial charge in [-0.1, -0.05) is 11.6 Å². The Kier molecular flexibility index (Phi) is 3.64. The Morgan fingerprint density at radius 3 is 2.58 bits per heavy atom. The topological polar surface area (TPSA) is 35.8 Å². The molecule has 102 valence electrons. The Hall–Kier alpha value is -1.41. The van der Waals surface area contributed by atoms with E-state index in [2.05, 4.69) is 11.4 Å². The number of anilines is 1. The fourth-order valence-electron chi connectivity index (χ4n) is 1.95. The molecule has 0 radical (unpaired) electrons. The van der Waals surface area contributed by atoms with Gasteiger partial charge in [-0.05, 0) is 31.0 Å². The standard InChI is InChI=1S/C13H12ClF3N2/c14-9-1-2-11(10(7-9)13(15,16)17)19-8-12(3-4-12)5-6-18/h1-2,7,19H,3-5,8H2. The number of nitriles is 1. The minimum absolute atomic E-state index is 0.0149. The lowest BCUT2D eigenvalue weighted by atomic mass is 10.0. The maximum absolute atomic E-state index is 12.9. The van der Waals surface area contributed by atoms with Crippen LogP contribution >= 0.6 is 11.6 Å². The monoisotopic (exact) mass is 288 g/mol. The predicted octanol–water partition coefficient (Wildman–Crippen LogP) is 4.46. The second-order valence-corrected chi connectivity index (χ2v) is 5.31. The van der Waals surface area contributed by atoms with Crippen LogP contribution in [0.2, 0.25) is 5.02 Å². The van der Waals surface area contributed by atoms with Gasteiger partial charge in [0.2, 0.25) is 0 Å². The first kappa shape index (κ1) is 14.0. The van der Waals surface area contributed by atoms with Crippen LogP contribution in [0.5, 0.6) is 0 Å². The van der Waals surface area contributed by atoms with Gasteiger partial charge in [-0.3, -0.25) is 0 Å². The highest BCUT2D eigenvalue weighted by molar-refractivity contribution is 6.30. The van der Waals surface area contributed by atoms with Crippen molar-refractivity contribution in [2.24, 2.45) is 5.41 Å². The average molecular weight is 289 g/mol. The molecule has 0 unspecified atom stereocenters. The van der Waals surface area contributed by atoms with E-state index in [1.165, 1.54) is 12.1 Å². The summed E-state index contributed by atoms with van der Waals surface area (Å²) in [6.07, 6.45) is -2.32. The number of alkyl halides is 3. The molecule has 1 N–H and O–H groups in total. The molecule has 0 aliphatic heterocycles. The van der Waals surface area contributed by atoms with Crippen molar-refractivity contribution in [3.05, 3.63) is 28.8 Å². The van der Waals surface area contributed by atoms with Crippen molar-refractivity contribution in [2.75, 3.05) is 11.9 Å². The van der Waals surface area contributed by atoms with E-state index in [0.717, 1.165) is 18.9 Å². The molecule has 1 saturated carbocycles. The molecule has 2 rings (SSSR count). The van der Waals surface area contributed by atoms with E-state index in [1.54, 1.807) is 0 Å². The van der Waals surface area contributed by atoms with Gasteiger partial charge in [-0.25, -0.2) is 0 Å². The molecule has 1 aliphatic rings. The maximum Gasteiger partial charge on any atom is 0.418 e. The highest BCUT2D eigenvalue weighted by Gasteiger charge is 2.42. The summed E-state index contributed by atoms with van der Waals surface area (Å²) in [5.41, 5.74) is -0.911. The molecule has 2 nitrogen and oxygen atoms in total. The zero-order valence-corrected chi connectivity index (χ0v) is 10.8. The number of halogens is 4. The van der Waals surface area contributed by atoms with Gasteiger partial charge in [-0.2, -0.15) is 18.4 Å². The van der Waals surface area contributed by atoms with Gasteiger partial charge in [0.1, 0.15) is 0 Å². The van der Waals surface area contributed by atoms with Crippen molar-refractivity contribution in [1.29, 1.82) is 5.26 Å². The lowest BCUT2D eigenvalue weighted by Crippen LogP contribution is -2.18. The van der Waals surface area contributed by atoms with Gasteiger partial charge < -0.3 is 5.32 Å². The van der Waals surface area contributed by atoms with Crippen molar-refractivity contribution in [3.63, 3.8) is 0 Å². The third kappa shape index (κ3) is 3.32. The fraction of sp³-hybridized carbons (Fsp3) is 0.462. The van der Waals surface area contributed by atoms with Gasteiger partial charge in [0.05, 0.1) is 11.6 Å². The second-order valence-electron chi connectivity index (χ2n) is 4.88. The molecular formula is C13H12ClF3N2. The van der Waals surface area contributed by atoms with Crippen molar-refractivity contribution >= 4 is 17.3 Å². The molecule has 1 aliphatic carbocycles. The summed E-state index contributed by atoms with van der Waals surface area (Å²) in [6.45, 7) is 0.380. The van der Waals surface area contributed by atoms with Crippen LogP contribution < -0.4 is 5.32 Å². The van der Waals surface area contributed by atoms with Crippen molar-refractivity contribution in [2.45, 2.75) is 25.4 Å². The van der Waals surface area contributed by atoms with E-state index < -0.39 is 11.7 Å². The highest BCUT2D eigenvalue weighted by atomic mass is 35.5. The normalized spacial score (nSPS) is 16.8. The Labute approximate surface area is 114 Å². The van der Waals surface area contributed by atoms with Crippen molar-refractivity contribution in [1.82, 2.24) is 0 Å². The number of rotatable bonds is 4. The van der Waals surface area contributed by atoms with Crippen LogP contribution in [0.25, 0.3) is 0 Å². The SMILES string of the molecule is N#CCC1(CNc2ccc(Cl)cc2C(F)(F)F)CC1. The second kappa shape index (κ2) is 4.93. The van der Waals surface area contributed by atoms with Gasteiger partial charge in [0.25, 0.3) is 0 Å². The van der Waals surface area contributed by atoms with Crippen molar-refractivity contribution in [3.8, 4) is 6.07 Å². The average Bonchev–Trinajstić information content (AvgIpc) is 3.07. The molecule has 0 aromatic heterocycles. The first-order valence-electron chi connectivity index (χ1n) is 5.84. The molecule has 1 aromatic carbocycles. The molecule has 0 atom stereocenters. The molecule has 0 saturated heterocycles. The van der Waals surface area contributed by atoms with E-state index >= 15 is 0 Å². The Balaban J connectivity index is 2.15. The highest BCUT2D eigenvalue weighted by Crippen LogP contribution is 2.49. The number of hydrogen-bond donors (Lipinski definition) is 1. The van der Waals surface area contributed by atoms with Gasteiger partial charge in [0.15, 0.2) is 0 Å². The van der Waals surface area contributed by atoms with Crippen LogP contribution in [0.1, 0.15) is 24.8 Å². The molecule has 6 heteroatoms. The molecule has 0 heterocycles. The largest absolute Gasteiger partial charge is 0.418 e. The molecule has 0 spiro atoms. The van der Waals surface area contributed by atoms with Crippen LogP contribution in [0.3, 0.4) is 0 Å². The first-order chi connectivity index (χ1) is 8.86. The van der Waals surface area contributed by atoms with Crippen LogP contribution in [0.4, 0.5) is 18.9 Å². The van der Waals surface area contributed by atoms with Gasteiger partial charge >= 0.3 is 6.18 Å². The number of nitrogens with zero attached hydrogens (tertiary/aromatic N) is 1. The van der Waals surface area contributed by atoms with E-state index in [4.69, 9.17) is 16.9 Å². The summed E-state index contributed by atoms with van der Waals surface area (Å²) in [5.74, 6) is 0. The van der Waals surface area contributed by atoms with E-state index in [1.807, 2.05) is 0 Å². The zero-order valence-electron chi connectivity index (χ0n) is 10.0. The van der Waals surface area contributed by atoms with Crippen LogP contribution in [0.15, 0.2) is 18.2 Å². The summed E-state index contributed by atoms with van der Waals surface area (Å²) in [4.78, 5) is 0. The van der Waals surface area contributed by atoms with Gasteiger partial charge in [-0.15, -0.1) is 0 Å². The summed E-state index contributed by atoms with van der Waals surface area (Å²) >= 11 is 5.60. The summed E-state index contributed by atoms with van der Waals surface area (Å²) in [6, 6.07) is 5.73. The van der Waals surface area contributed by atoms with Crippen LogP contribution in [-0.4, -0.2) is 6.54 Å². The molecular weight excluding hydrogens is 277 g/mol. The Bertz CT molecular complexity index is 516. The summed E-state index contributed by atoms with van der Waals surface area (Å²) in [5, 5.41) is 11.5. The lowest BCUT2D eigenvalue weighted by Gasteiger charge is -2.18. The van der Waals surface area contributed by atoms with Gasteiger partial charge in [0, 0.05) is 29.1 Å². The third-order valence-corrected chi connectivity index (χ3v) is 3.59. The lowest BCUT2D eigenvalue weighted by molar-refractivity contribution is -0.136. The third-order valence-electron chi connectivity index (χ3n) is 3.35. The quantitative estimate of drug-likeness (QED) is 0.887. The molecule has 1 fully saturated rings. The van der Waals surface area contributed by atoms with Crippen molar-refractivity contribution < 1.29 is 13.2 Å². The molecule has 0 amide bonds. The summed E-state index contributed by atoms with van der Waals surface area (Å²) < 4.78 is 38.6. The maximum atomic E-state index is 12.9. The minimum atomic E-state index is -4.45. The Morgan fingerprint density at radius 2 is 2.05 bits per heavy atom. The Morgan fingerprint density at radius 1 is 1.37 bits per heavy atom. The first-order valence-corrected chi connectivity index (χ1v) is 6.22. The van der Waals surface area contributed by atoms with Crippen LogP contribution in [0, 0.1) is 16.7 Å². The summed E-state index contributed by atoms with van der Waals surface area (Å²) in [7, 11) is 0.